The van der Waals surface area contributed by atoms with E-state index in [0.717, 1.165) is 10.5 Å². The van der Waals surface area contributed by atoms with Crippen LogP contribution in [0.5, 0.6) is 11.5 Å². The quantitative estimate of drug-likeness (QED) is 0.743. The van der Waals surface area contributed by atoms with Gasteiger partial charge in [-0.3, -0.25) is 14.4 Å². The Bertz CT molecular complexity index is 903. The normalized spacial score (nSPS) is 21.5. The standard InChI is InChI=1S/C21H27N3O6/c1-22(2)20(27)21(28)17-6-7-24(19(26)16(17)11-18(25)23(21)3)12-13-8-14(29-4)10-15(9-13)30-5/h8-10,28H,6-7,11-12H2,1-5H3. The minimum Gasteiger partial charge on any atom is -0.497 e. The molecule has 1 aromatic rings. The smallest absolute Gasteiger partial charge is 0.280 e. The van der Waals surface area contributed by atoms with Crippen LogP contribution in [0.1, 0.15) is 18.4 Å². The highest BCUT2D eigenvalue weighted by Crippen LogP contribution is 2.38. The third-order valence-corrected chi connectivity index (χ3v) is 5.64. The van der Waals surface area contributed by atoms with E-state index in [1.165, 1.54) is 26.0 Å². The van der Waals surface area contributed by atoms with Gasteiger partial charge in [-0.05, 0) is 24.1 Å². The molecule has 0 aromatic heterocycles. The van der Waals surface area contributed by atoms with E-state index in [9.17, 15) is 19.5 Å². The second-order valence-corrected chi connectivity index (χ2v) is 7.66. The number of rotatable bonds is 5. The van der Waals surface area contributed by atoms with Gasteiger partial charge in [0.15, 0.2) is 0 Å². The number of amides is 3. The Kier molecular flexibility index (Phi) is 5.76. The molecule has 0 fully saturated rings. The number of carbonyl (C=O) groups is 3. The zero-order valence-electron chi connectivity index (χ0n) is 17.9. The van der Waals surface area contributed by atoms with E-state index in [-0.39, 0.29) is 30.9 Å². The first kappa shape index (κ1) is 21.6. The maximum Gasteiger partial charge on any atom is 0.280 e. The minimum atomic E-state index is -2.14. The summed E-state index contributed by atoms with van der Waals surface area (Å²) in [5.74, 6) is -0.276. The van der Waals surface area contributed by atoms with Crippen molar-refractivity contribution in [2.75, 3.05) is 41.9 Å². The van der Waals surface area contributed by atoms with Crippen LogP contribution in [0.25, 0.3) is 0 Å². The van der Waals surface area contributed by atoms with Crippen molar-refractivity contribution in [1.29, 1.82) is 0 Å². The zero-order valence-corrected chi connectivity index (χ0v) is 17.9. The first-order chi connectivity index (χ1) is 14.1. The molecule has 0 bridgehead atoms. The lowest BCUT2D eigenvalue weighted by molar-refractivity contribution is -0.173. The van der Waals surface area contributed by atoms with Gasteiger partial charge in [0, 0.05) is 51.4 Å². The molecular weight excluding hydrogens is 390 g/mol. The number of hydrogen-bond acceptors (Lipinski definition) is 6. The number of hydrogen-bond donors (Lipinski definition) is 1. The van der Waals surface area contributed by atoms with Gasteiger partial charge in [-0.15, -0.1) is 0 Å². The lowest BCUT2D eigenvalue weighted by Gasteiger charge is -2.46. The van der Waals surface area contributed by atoms with Crippen LogP contribution in [0, 0.1) is 0 Å². The summed E-state index contributed by atoms with van der Waals surface area (Å²) in [5.41, 5.74) is -0.845. The Morgan fingerprint density at radius 1 is 1.17 bits per heavy atom. The summed E-state index contributed by atoms with van der Waals surface area (Å²) >= 11 is 0. The van der Waals surface area contributed by atoms with Crippen molar-refractivity contribution in [3.05, 3.63) is 34.9 Å². The van der Waals surface area contributed by atoms with Crippen molar-refractivity contribution < 1.29 is 29.0 Å². The maximum absolute atomic E-state index is 13.2. The summed E-state index contributed by atoms with van der Waals surface area (Å²) in [6, 6.07) is 5.36. The third kappa shape index (κ3) is 3.49. The van der Waals surface area contributed by atoms with Crippen LogP contribution >= 0.6 is 0 Å². The summed E-state index contributed by atoms with van der Waals surface area (Å²) in [6.45, 7) is 0.593. The Balaban J connectivity index is 1.95. The molecule has 1 aromatic carbocycles. The van der Waals surface area contributed by atoms with Gasteiger partial charge >= 0.3 is 0 Å². The van der Waals surface area contributed by atoms with Crippen LogP contribution in [-0.4, -0.2) is 85.2 Å². The van der Waals surface area contributed by atoms with Crippen molar-refractivity contribution >= 4 is 17.7 Å². The molecule has 9 nitrogen and oxygen atoms in total. The molecule has 2 heterocycles. The average Bonchev–Trinajstić information content (AvgIpc) is 2.73. The van der Waals surface area contributed by atoms with Crippen LogP contribution in [0.2, 0.25) is 0 Å². The summed E-state index contributed by atoms with van der Waals surface area (Å²) < 4.78 is 10.6. The molecule has 0 radical (unpaired) electrons. The number of likely N-dealkylation sites (N-methyl/N-ethyl adjacent to an activating group) is 2. The lowest BCUT2D eigenvalue weighted by Crippen LogP contribution is -2.64. The van der Waals surface area contributed by atoms with Gasteiger partial charge in [-0.25, -0.2) is 0 Å². The number of carbonyl (C=O) groups excluding carboxylic acids is 3. The largest absolute Gasteiger partial charge is 0.497 e. The Morgan fingerprint density at radius 3 is 2.30 bits per heavy atom. The first-order valence-corrected chi connectivity index (χ1v) is 9.58. The fraction of sp³-hybridized carbons (Fsp3) is 0.476. The summed E-state index contributed by atoms with van der Waals surface area (Å²) in [7, 11) is 7.48. The molecule has 1 atom stereocenters. The van der Waals surface area contributed by atoms with Gasteiger partial charge in [-0.2, -0.15) is 0 Å². The van der Waals surface area contributed by atoms with Gasteiger partial charge in [0.1, 0.15) is 11.5 Å². The van der Waals surface area contributed by atoms with Gasteiger partial charge in [-0.1, -0.05) is 0 Å². The van der Waals surface area contributed by atoms with Gasteiger partial charge in [0.25, 0.3) is 11.8 Å². The summed E-state index contributed by atoms with van der Waals surface area (Å²) in [4.78, 5) is 42.3. The van der Waals surface area contributed by atoms with Crippen molar-refractivity contribution in [1.82, 2.24) is 14.7 Å². The molecule has 0 saturated carbocycles. The minimum absolute atomic E-state index is 0.147. The lowest BCUT2D eigenvalue weighted by atomic mass is 9.83. The van der Waals surface area contributed by atoms with E-state index < -0.39 is 17.5 Å². The third-order valence-electron chi connectivity index (χ3n) is 5.64. The van der Waals surface area contributed by atoms with Crippen LogP contribution < -0.4 is 9.47 Å². The highest BCUT2D eigenvalue weighted by Gasteiger charge is 2.53. The molecule has 1 N–H and O–H groups in total. The monoisotopic (exact) mass is 417 g/mol. The predicted molar refractivity (Wildman–Crippen MR) is 108 cm³/mol. The van der Waals surface area contributed by atoms with Crippen LogP contribution in [0.3, 0.4) is 0 Å². The molecular formula is C21H27N3O6. The molecule has 30 heavy (non-hydrogen) atoms. The number of benzene rings is 1. The number of ether oxygens (including phenoxy) is 2. The maximum atomic E-state index is 13.2. The number of aliphatic hydroxyl groups is 1. The van der Waals surface area contributed by atoms with E-state index in [4.69, 9.17) is 9.47 Å². The molecule has 3 rings (SSSR count). The molecule has 0 aliphatic carbocycles. The van der Waals surface area contributed by atoms with Crippen molar-refractivity contribution in [3.8, 4) is 11.5 Å². The first-order valence-electron chi connectivity index (χ1n) is 9.58. The van der Waals surface area contributed by atoms with E-state index in [1.54, 1.807) is 25.2 Å². The Labute approximate surface area is 175 Å². The van der Waals surface area contributed by atoms with Gasteiger partial charge < -0.3 is 29.3 Å². The average molecular weight is 417 g/mol. The molecule has 162 valence electrons. The summed E-state index contributed by atoms with van der Waals surface area (Å²) in [5, 5.41) is 11.2. The van der Waals surface area contributed by atoms with Gasteiger partial charge in [0.05, 0.1) is 20.6 Å². The Morgan fingerprint density at radius 2 is 1.77 bits per heavy atom. The van der Waals surface area contributed by atoms with Gasteiger partial charge in [0.2, 0.25) is 11.6 Å². The van der Waals surface area contributed by atoms with E-state index >= 15 is 0 Å². The fourth-order valence-electron chi connectivity index (χ4n) is 3.95. The molecule has 0 saturated heterocycles. The van der Waals surface area contributed by atoms with Crippen molar-refractivity contribution in [3.63, 3.8) is 0 Å². The Hall–Kier alpha value is -3.07. The number of nitrogens with zero attached hydrogens (tertiary/aromatic N) is 3. The number of methoxy groups -OCH3 is 2. The zero-order chi connectivity index (χ0) is 22.2. The molecule has 9 heteroatoms. The SMILES string of the molecule is COc1cc(CN2CCC3=C(CC(=O)N(C)C3(O)C(=O)N(C)C)C2=O)cc(OC)c1. The highest BCUT2D eigenvalue weighted by molar-refractivity contribution is 6.06. The van der Waals surface area contributed by atoms with Crippen molar-refractivity contribution in [2.45, 2.75) is 25.1 Å². The molecule has 2 aliphatic rings. The van der Waals surface area contributed by atoms with E-state index in [0.29, 0.717) is 23.6 Å². The highest BCUT2D eigenvalue weighted by atomic mass is 16.5. The second kappa shape index (κ2) is 7.98. The summed E-state index contributed by atoms with van der Waals surface area (Å²) in [6.07, 6.45) is 0.140. The van der Waals surface area contributed by atoms with Crippen LogP contribution in [0.15, 0.2) is 29.3 Å². The fourth-order valence-corrected chi connectivity index (χ4v) is 3.95. The van der Waals surface area contributed by atoms with Crippen LogP contribution in [0.4, 0.5) is 0 Å². The molecule has 1 unspecified atom stereocenters. The molecule has 3 amide bonds. The second-order valence-electron chi connectivity index (χ2n) is 7.66. The topological polar surface area (TPSA) is 99.6 Å². The molecule has 0 spiro atoms. The predicted octanol–water partition coefficient (Wildman–Crippen LogP) is 0.372. The van der Waals surface area contributed by atoms with Crippen LogP contribution in [-0.2, 0) is 20.9 Å². The van der Waals surface area contributed by atoms with Crippen molar-refractivity contribution in [2.24, 2.45) is 0 Å². The van der Waals surface area contributed by atoms with E-state index in [2.05, 4.69) is 0 Å². The van der Waals surface area contributed by atoms with E-state index in [1.807, 2.05) is 12.1 Å². The molecule has 2 aliphatic heterocycles.